The first kappa shape index (κ1) is 22.6. The van der Waals surface area contributed by atoms with E-state index in [1.54, 1.807) is 0 Å². The lowest BCUT2D eigenvalue weighted by atomic mass is 10.1. The zero-order valence-corrected chi connectivity index (χ0v) is 16.3. The largest absolute Gasteiger partial charge is 0.417 e. The maximum absolute atomic E-state index is 13.1. The van der Waals surface area contributed by atoms with E-state index in [0.29, 0.717) is 39.0 Å². The summed E-state index contributed by atoms with van der Waals surface area (Å²) in [6.45, 7) is 2.70. The maximum atomic E-state index is 13.1. The molecular weight excluding hydrogens is 397 g/mol. The van der Waals surface area contributed by atoms with Crippen LogP contribution in [0.15, 0.2) is 24.3 Å². The summed E-state index contributed by atoms with van der Waals surface area (Å²) in [5.74, 6) is -0.828. The van der Waals surface area contributed by atoms with Gasteiger partial charge in [0.1, 0.15) is 0 Å². The van der Waals surface area contributed by atoms with Crippen molar-refractivity contribution in [1.29, 1.82) is 0 Å². The highest BCUT2D eigenvalue weighted by Crippen LogP contribution is 2.32. The van der Waals surface area contributed by atoms with Crippen molar-refractivity contribution in [1.82, 2.24) is 9.80 Å². The lowest BCUT2D eigenvalue weighted by Gasteiger charge is -2.35. The monoisotopic (exact) mass is 422 g/mol. The number of benzene rings is 1. The van der Waals surface area contributed by atoms with Crippen LogP contribution in [0.25, 0.3) is 0 Å². The summed E-state index contributed by atoms with van der Waals surface area (Å²) >= 11 is 0. The van der Waals surface area contributed by atoms with Crippen LogP contribution in [0.4, 0.5) is 13.2 Å². The standard InChI is InChI=1S/C18H25F3N2O4S/c19-18(20,21)16-8-4-3-7-15(16)17(24)23-12-10-22(11-13-23)9-5-1-2-6-14-28(25,26)27/h3-4,7-8H,1-2,5-6,9-14H2,(H,25,26,27). The molecule has 0 radical (unpaired) electrons. The second-order valence-corrected chi connectivity index (χ2v) is 8.45. The number of carbonyl (C=O) groups is 1. The van der Waals surface area contributed by atoms with Gasteiger partial charge in [-0.25, -0.2) is 0 Å². The van der Waals surface area contributed by atoms with Gasteiger partial charge in [0.25, 0.3) is 16.0 Å². The summed E-state index contributed by atoms with van der Waals surface area (Å²) in [6.07, 6.45) is -1.76. The van der Waals surface area contributed by atoms with Gasteiger partial charge in [-0.2, -0.15) is 21.6 Å². The molecule has 0 bridgehead atoms. The second kappa shape index (κ2) is 9.71. The van der Waals surface area contributed by atoms with Crippen molar-refractivity contribution < 1.29 is 30.9 Å². The Morgan fingerprint density at radius 2 is 1.61 bits per heavy atom. The fraction of sp³-hybridized carbons (Fsp3) is 0.611. The fourth-order valence-electron chi connectivity index (χ4n) is 3.24. The van der Waals surface area contributed by atoms with Crippen molar-refractivity contribution in [2.24, 2.45) is 0 Å². The molecule has 0 atom stereocenters. The number of carbonyl (C=O) groups excluding carboxylic acids is 1. The first-order valence-electron chi connectivity index (χ1n) is 9.21. The minimum atomic E-state index is -4.57. The molecule has 1 aromatic carbocycles. The molecule has 0 unspecified atom stereocenters. The molecule has 1 aromatic rings. The van der Waals surface area contributed by atoms with Crippen LogP contribution in [0, 0.1) is 0 Å². The molecular formula is C18H25F3N2O4S. The summed E-state index contributed by atoms with van der Waals surface area (Å²) in [5.41, 5.74) is -1.23. The Morgan fingerprint density at radius 1 is 1.00 bits per heavy atom. The number of rotatable bonds is 8. The minimum Gasteiger partial charge on any atom is -0.336 e. The average Bonchev–Trinajstić information content (AvgIpc) is 2.63. The summed E-state index contributed by atoms with van der Waals surface area (Å²) in [7, 11) is -3.90. The van der Waals surface area contributed by atoms with Crippen LogP contribution in [0.5, 0.6) is 0 Å². The molecule has 1 aliphatic heterocycles. The van der Waals surface area contributed by atoms with Crippen LogP contribution in [-0.2, 0) is 16.3 Å². The van der Waals surface area contributed by atoms with Crippen LogP contribution in [0.2, 0.25) is 0 Å². The van der Waals surface area contributed by atoms with Crippen LogP contribution >= 0.6 is 0 Å². The van der Waals surface area contributed by atoms with Gasteiger partial charge in [-0.15, -0.1) is 0 Å². The fourth-order valence-corrected chi connectivity index (χ4v) is 3.80. The van der Waals surface area contributed by atoms with E-state index >= 15 is 0 Å². The maximum Gasteiger partial charge on any atom is 0.417 e. The predicted molar refractivity (Wildman–Crippen MR) is 98.7 cm³/mol. The first-order chi connectivity index (χ1) is 13.1. The van der Waals surface area contributed by atoms with Gasteiger partial charge in [-0.05, 0) is 31.5 Å². The topological polar surface area (TPSA) is 77.9 Å². The molecule has 6 nitrogen and oxygen atoms in total. The molecule has 1 heterocycles. The molecule has 1 fully saturated rings. The van der Waals surface area contributed by atoms with Crippen molar-refractivity contribution >= 4 is 16.0 Å². The number of alkyl halides is 3. The number of hydrogen-bond donors (Lipinski definition) is 1. The molecule has 0 spiro atoms. The first-order valence-corrected chi connectivity index (χ1v) is 10.8. The Hall–Kier alpha value is -1.65. The molecule has 0 saturated carbocycles. The van der Waals surface area contributed by atoms with Crippen molar-refractivity contribution in [2.75, 3.05) is 38.5 Å². The lowest BCUT2D eigenvalue weighted by molar-refractivity contribution is -0.138. The third kappa shape index (κ3) is 7.06. The predicted octanol–water partition coefficient (Wildman–Crippen LogP) is 2.91. The molecule has 158 valence electrons. The van der Waals surface area contributed by atoms with Gasteiger partial charge in [0.2, 0.25) is 0 Å². The summed E-state index contributed by atoms with van der Waals surface area (Å²) in [5, 5.41) is 0. The zero-order valence-electron chi connectivity index (χ0n) is 15.5. The van der Waals surface area contributed by atoms with E-state index in [0.717, 1.165) is 25.5 Å². The second-order valence-electron chi connectivity index (χ2n) is 6.88. The molecule has 1 N–H and O–H groups in total. The van der Waals surface area contributed by atoms with Crippen molar-refractivity contribution in [3.05, 3.63) is 35.4 Å². The number of nitrogens with zero attached hydrogens (tertiary/aromatic N) is 2. The van der Waals surface area contributed by atoms with Gasteiger partial charge in [-0.1, -0.05) is 25.0 Å². The van der Waals surface area contributed by atoms with E-state index in [4.69, 9.17) is 4.55 Å². The Bertz CT molecular complexity index is 760. The Kier molecular flexibility index (Phi) is 7.85. The van der Waals surface area contributed by atoms with Crippen molar-refractivity contribution in [2.45, 2.75) is 31.9 Å². The highest BCUT2D eigenvalue weighted by molar-refractivity contribution is 7.85. The van der Waals surface area contributed by atoms with E-state index < -0.39 is 27.8 Å². The smallest absolute Gasteiger partial charge is 0.336 e. The number of halogens is 3. The summed E-state index contributed by atoms with van der Waals surface area (Å²) < 4.78 is 69.2. The average molecular weight is 422 g/mol. The number of hydrogen-bond acceptors (Lipinski definition) is 4. The van der Waals surface area contributed by atoms with Gasteiger partial charge >= 0.3 is 6.18 Å². The van der Waals surface area contributed by atoms with Gasteiger partial charge in [0.15, 0.2) is 0 Å². The third-order valence-electron chi connectivity index (χ3n) is 4.75. The van der Waals surface area contributed by atoms with E-state index in [1.807, 2.05) is 0 Å². The molecule has 28 heavy (non-hydrogen) atoms. The lowest BCUT2D eigenvalue weighted by Crippen LogP contribution is -2.49. The molecule has 0 aliphatic carbocycles. The molecule has 1 amide bonds. The van der Waals surface area contributed by atoms with E-state index in [2.05, 4.69) is 4.90 Å². The van der Waals surface area contributed by atoms with Gasteiger partial charge in [0, 0.05) is 26.2 Å². The number of amides is 1. The Balaban J connectivity index is 1.76. The summed E-state index contributed by atoms with van der Waals surface area (Å²) in [6, 6.07) is 4.84. The van der Waals surface area contributed by atoms with E-state index in [1.165, 1.54) is 23.1 Å². The number of unbranched alkanes of at least 4 members (excludes halogenated alkanes) is 3. The van der Waals surface area contributed by atoms with Crippen LogP contribution in [0.3, 0.4) is 0 Å². The molecule has 0 aromatic heterocycles. The van der Waals surface area contributed by atoms with Crippen LogP contribution < -0.4 is 0 Å². The van der Waals surface area contributed by atoms with E-state index in [9.17, 15) is 26.4 Å². The number of piperazine rings is 1. The quantitative estimate of drug-likeness (QED) is 0.515. The molecule has 1 saturated heterocycles. The van der Waals surface area contributed by atoms with Crippen molar-refractivity contribution in [3.8, 4) is 0 Å². The SMILES string of the molecule is O=C(c1ccccc1C(F)(F)F)N1CCN(CCCCCCS(=O)(=O)O)CC1. The minimum absolute atomic E-state index is 0.229. The Labute approximate surface area is 163 Å². The zero-order chi connectivity index (χ0) is 20.8. The van der Waals surface area contributed by atoms with Crippen molar-refractivity contribution in [3.63, 3.8) is 0 Å². The Morgan fingerprint density at radius 3 is 2.21 bits per heavy atom. The highest BCUT2D eigenvalue weighted by Gasteiger charge is 2.36. The van der Waals surface area contributed by atoms with Crippen LogP contribution in [0.1, 0.15) is 41.6 Å². The van der Waals surface area contributed by atoms with Gasteiger partial charge in [-0.3, -0.25) is 14.2 Å². The summed E-state index contributed by atoms with van der Waals surface area (Å²) in [4.78, 5) is 16.1. The van der Waals surface area contributed by atoms with Gasteiger partial charge < -0.3 is 4.90 Å². The third-order valence-corrected chi connectivity index (χ3v) is 5.55. The molecule has 10 heteroatoms. The van der Waals surface area contributed by atoms with E-state index in [-0.39, 0.29) is 11.3 Å². The molecule has 1 aliphatic rings. The van der Waals surface area contributed by atoms with Crippen LogP contribution in [-0.4, -0.2) is 67.2 Å². The molecule has 2 rings (SSSR count). The van der Waals surface area contributed by atoms with Gasteiger partial charge in [0.05, 0.1) is 16.9 Å². The normalized spacial score (nSPS) is 16.4. The highest BCUT2D eigenvalue weighted by atomic mass is 32.2.